The van der Waals surface area contributed by atoms with E-state index in [0.717, 1.165) is 23.1 Å². The number of esters is 1. The zero-order chi connectivity index (χ0) is 16.7. The Morgan fingerprint density at radius 1 is 1.13 bits per heavy atom. The fraction of sp³-hybridized carbons (Fsp3) is 0.316. The van der Waals surface area contributed by atoms with Crippen LogP contribution >= 0.6 is 15.9 Å². The first-order valence-electron chi connectivity index (χ1n) is 7.73. The second-order valence-electron chi connectivity index (χ2n) is 5.54. The van der Waals surface area contributed by atoms with E-state index in [2.05, 4.69) is 28.1 Å². The molecular formula is C19H21BrO3. The quantitative estimate of drug-likeness (QED) is 0.502. The summed E-state index contributed by atoms with van der Waals surface area (Å²) in [5, 5.41) is 0. The molecule has 0 aromatic heterocycles. The summed E-state index contributed by atoms with van der Waals surface area (Å²) in [6.45, 7) is 4.33. The van der Waals surface area contributed by atoms with E-state index in [4.69, 9.17) is 9.47 Å². The highest BCUT2D eigenvalue weighted by Crippen LogP contribution is 2.27. The van der Waals surface area contributed by atoms with Crippen molar-refractivity contribution in [1.29, 1.82) is 0 Å². The van der Waals surface area contributed by atoms with Crippen LogP contribution in [0, 0.1) is 0 Å². The van der Waals surface area contributed by atoms with Gasteiger partial charge < -0.3 is 9.47 Å². The first-order valence-corrected chi connectivity index (χ1v) is 8.53. The standard InChI is InChI=1S/C19H21BrO3/c1-14(2)23-18-11-10-16(13-17(18)20)19(21)22-12-6-9-15-7-4-3-5-8-15/h3-5,7-8,10-11,13-14H,6,9,12H2,1-2H3. The number of ether oxygens (including phenoxy) is 2. The molecular weight excluding hydrogens is 356 g/mol. The molecule has 0 radical (unpaired) electrons. The van der Waals surface area contributed by atoms with Crippen LogP contribution in [0.25, 0.3) is 0 Å². The maximum atomic E-state index is 12.1. The average Bonchev–Trinajstić information content (AvgIpc) is 2.54. The van der Waals surface area contributed by atoms with Gasteiger partial charge in [0.2, 0.25) is 0 Å². The molecule has 0 atom stereocenters. The van der Waals surface area contributed by atoms with Crippen molar-refractivity contribution in [3.63, 3.8) is 0 Å². The lowest BCUT2D eigenvalue weighted by Crippen LogP contribution is -2.09. The summed E-state index contributed by atoms with van der Waals surface area (Å²) in [6.07, 6.45) is 1.80. The van der Waals surface area contributed by atoms with E-state index in [1.54, 1.807) is 18.2 Å². The summed E-state index contributed by atoms with van der Waals surface area (Å²) in [6, 6.07) is 15.4. The van der Waals surface area contributed by atoms with Crippen LogP contribution < -0.4 is 4.74 Å². The van der Waals surface area contributed by atoms with Gasteiger partial charge in [-0.05, 0) is 66.4 Å². The first-order chi connectivity index (χ1) is 11.1. The molecule has 0 heterocycles. The topological polar surface area (TPSA) is 35.5 Å². The molecule has 2 rings (SSSR count). The Hall–Kier alpha value is -1.81. The Morgan fingerprint density at radius 3 is 2.52 bits per heavy atom. The number of halogens is 1. The Morgan fingerprint density at radius 2 is 1.87 bits per heavy atom. The lowest BCUT2D eigenvalue weighted by atomic mass is 10.1. The van der Waals surface area contributed by atoms with Gasteiger partial charge in [-0.3, -0.25) is 0 Å². The molecule has 0 saturated heterocycles. The van der Waals surface area contributed by atoms with Gasteiger partial charge in [-0.2, -0.15) is 0 Å². The molecule has 0 aliphatic carbocycles. The van der Waals surface area contributed by atoms with Crippen molar-refractivity contribution < 1.29 is 14.3 Å². The highest BCUT2D eigenvalue weighted by atomic mass is 79.9. The fourth-order valence-corrected chi connectivity index (χ4v) is 2.62. The maximum Gasteiger partial charge on any atom is 0.338 e. The van der Waals surface area contributed by atoms with Crippen molar-refractivity contribution in [2.75, 3.05) is 6.61 Å². The highest BCUT2D eigenvalue weighted by Gasteiger charge is 2.11. The summed E-state index contributed by atoms with van der Waals surface area (Å²) in [4.78, 5) is 12.1. The third-order valence-electron chi connectivity index (χ3n) is 3.22. The predicted molar refractivity (Wildman–Crippen MR) is 95.0 cm³/mol. The van der Waals surface area contributed by atoms with E-state index in [9.17, 15) is 4.79 Å². The van der Waals surface area contributed by atoms with E-state index in [0.29, 0.717) is 12.2 Å². The van der Waals surface area contributed by atoms with Crippen LogP contribution in [0.2, 0.25) is 0 Å². The average molecular weight is 377 g/mol. The van der Waals surface area contributed by atoms with Crippen molar-refractivity contribution in [1.82, 2.24) is 0 Å². The van der Waals surface area contributed by atoms with Crippen molar-refractivity contribution in [3.05, 3.63) is 64.1 Å². The number of aryl methyl sites for hydroxylation is 1. The molecule has 122 valence electrons. The molecule has 0 aliphatic heterocycles. The molecule has 0 fully saturated rings. The molecule has 0 spiro atoms. The van der Waals surface area contributed by atoms with Crippen molar-refractivity contribution in [2.45, 2.75) is 32.8 Å². The van der Waals surface area contributed by atoms with Crippen LogP contribution in [0.15, 0.2) is 53.0 Å². The Kier molecular flexibility index (Phi) is 6.66. The first kappa shape index (κ1) is 17.5. The minimum Gasteiger partial charge on any atom is -0.490 e. The van der Waals surface area contributed by atoms with E-state index in [-0.39, 0.29) is 12.1 Å². The van der Waals surface area contributed by atoms with Crippen LogP contribution in [0.4, 0.5) is 0 Å². The second kappa shape index (κ2) is 8.73. The molecule has 23 heavy (non-hydrogen) atoms. The molecule has 3 nitrogen and oxygen atoms in total. The van der Waals surface area contributed by atoms with E-state index < -0.39 is 0 Å². The molecule has 0 aliphatic rings. The van der Waals surface area contributed by atoms with Gasteiger partial charge in [0.1, 0.15) is 5.75 Å². The number of rotatable bonds is 7. The minimum absolute atomic E-state index is 0.0853. The summed E-state index contributed by atoms with van der Waals surface area (Å²) < 4.78 is 11.7. The number of carbonyl (C=O) groups excluding carboxylic acids is 1. The van der Waals surface area contributed by atoms with Gasteiger partial charge in [-0.15, -0.1) is 0 Å². The van der Waals surface area contributed by atoms with Gasteiger partial charge in [0, 0.05) is 0 Å². The minimum atomic E-state index is -0.310. The van der Waals surface area contributed by atoms with Crippen molar-refractivity contribution >= 4 is 21.9 Å². The van der Waals surface area contributed by atoms with Crippen LogP contribution in [0.5, 0.6) is 5.75 Å². The third kappa shape index (κ3) is 5.71. The summed E-state index contributed by atoms with van der Waals surface area (Å²) in [5.41, 5.74) is 1.77. The molecule has 2 aromatic rings. The fourth-order valence-electron chi connectivity index (χ4n) is 2.15. The number of hydrogen-bond donors (Lipinski definition) is 0. The Labute approximate surface area is 145 Å². The molecule has 4 heteroatoms. The zero-order valence-electron chi connectivity index (χ0n) is 13.4. The van der Waals surface area contributed by atoms with E-state index in [1.807, 2.05) is 32.0 Å². The third-order valence-corrected chi connectivity index (χ3v) is 3.84. The van der Waals surface area contributed by atoms with Crippen LogP contribution in [0.1, 0.15) is 36.2 Å². The van der Waals surface area contributed by atoms with E-state index >= 15 is 0 Å². The SMILES string of the molecule is CC(C)Oc1ccc(C(=O)OCCCc2ccccc2)cc1Br. The molecule has 0 unspecified atom stereocenters. The molecule has 0 amide bonds. The van der Waals surface area contributed by atoms with Gasteiger partial charge in [0.05, 0.1) is 22.7 Å². The number of hydrogen-bond acceptors (Lipinski definition) is 3. The predicted octanol–water partition coefficient (Wildman–Crippen LogP) is 5.03. The van der Waals surface area contributed by atoms with Gasteiger partial charge in [-0.1, -0.05) is 30.3 Å². The summed E-state index contributed by atoms with van der Waals surface area (Å²) in [5.74, 6) is 0.412. The van der Waals surface area contributed by atoms with Crippen molar-refractivity contribution in [2.24, 2.45) is 0 Å². The Balaban J connectivity index is 1.82. The van der Waals surface area contributed by atoms with Gasteiger partial charge in [-0.25, -0.2) is 4.79 Å². The largest absolute Gasteiger partial charge is 0.490 e. The second-order valence-corrected chi connectivity index (χ2v) is 6.39. The normalized spacial score (nSPS) is 10.6. The van der Waals surface area contributed by atoms with Crippen molar-refractivity contribution in [3.8, 4) is 5.75 Å². The molecule has 0 bridgehead atoms. The van der Waals surface area contributed by atoms with Gasteiger partial charge >= 0.3 is 5.97 Å². The highest BCUT2D eigenvalue weighted by molar-refractivity contribution is 9.10. The van der Waals surface area contributed by atoms with Gasteiger partial charge in [0.25, 0.3) is 0 Å². The smallest absolute Gasteiger partial charge is 0.338 e. The zero-order valence-corrected chi connectivity index (χ0v) is 15.0. The van der Waals surface area contributed by atoms with E-state index in [1.165, 1.54) is 5.56 Å². The monoisotopic (exact) mass is 376 g/mol. The maximum absolute atomic E-state index is 12.1. The summed E-state index contributed by atoms with van der Waals surface area (Å²) in [7, 11) is 0. The van der Waals surface area contributed by atoms with Crippen LogP contribution in [-0.2, 0) is 11.2 Å². The van der Waals surface area contributed by atoms with Crippen LogP contribution in [-0.4, -0.2) is 18.7 Å². The molecule has 2 aromatic carbocycles. The number of benzene rings is 2. The molecule has 0 N–H and O–H groups in total. The van der Waals surface area contributed by atoms with Crippen LogP contribution in [0.3, 0.4) is 0 Å². The lowest BCUT2D eigenvalue weighted by Gasteiger charge is -2.12. The van der Waals surface area contributed by atoms with Gasteiger partial charge in [0.15, 0.2) is 0 Å². The summed E-state index contributed by atoms with van der Waals surface area (Å²) >= 11 is 3.42. The number of carbonyl (C=O) groups is 1. The molecule has 0 saturated carbocycles. The lowest BCUT2D eigenvalue weighted by molar-refractivity contribution is 0.0500. The Bertz CT molecular complexity index is 638.